The number of carbonyl (C=O) groups excluding carboxylic acids is 1. The minimum Gasteiger partial charge on any atom is -0.479 e. The molecule has 7 heteroatoms. The van der Waals surface area contributed by atoms with Gasteiger partial charge in [0.2, 0.25) is 5.91 Å². The third kappa shape index (κ3) is 2.70. The zero-order valence-corrected chi connectivity index (χ0v) is 15.5. The van der Waals surface area contributed by atoms with Gasteiger partial charge in [-0.15, -0.1) is 0 Å². The van der Waals surface area contributed by atoms with Crippen LogP contribution in [0.1, 0.15) is 39.7 Å². The first-order chi connectivity index (χ1) is 12.9. The monoisotopic (exact) mass is 367 g/mol. The topological polar surface area (TPSA) is 99.4 Å². The van der Waals surface area contributed by atoms with Gasteiger partial charge >= 0.3 is 5.97 Å². The van der Waals surface area contributed by atoms with E-state index in [0.29, 0.717) is 18.7 Å². The standard InChI is InChI=1S/C20H21N3O4/c1-10-6-11(2)16-13(8-27-19(16)12(10)3)7-15(24)23-5-4-14-17(22-9-21-14)18(23)20(25)26/h6,8-9,18H,4-5,7H2,1-3H3,(H,21,22)(H,25,26). The average Bonchev–Trinajstić information content (AvgIpc) is 3.25. The lowest BCUT2D eigenvalue weighted by Crippen LogP contribution is -2.44. The molecule has 2 aromatic heterocycles. The van der Waals surface area contributed by atoms with Crippen LogP contribution in [0.5, 0.6) is 0 Å². The molecule has 0 saturated heterocycles. The number of hydrogen-bond donors (Lipinski definition) is 2. The van der Waals surface area contributed by atoms with E-state index in [1.807, 2.05) is 20.8 Å². The van der Waals surface area contributed by atoms with Crippen LogP contribution in [-0.4, -0.2) is 38.4 Å². The first-order valence-corrected chi connectivity index (χ1v) is 8.89. The molecule has 1 amide bonds. The van der Waals surface area contributed by atoms with Crippen molar-refractivity contribution in [3.05, 3.63) is 52.3 Å². The van der Waals surface area contributed by atoms with Crippen LogP contribution < -0.4 is 0 Å². The number of rotatable bonds is 3. The summed E-state index contributed by atoms with van der Waals surface area (Å²) in [7, 11) is 0. The summed E-state index contributed by atoms with van der Waals surface area (Å²) in [6, 6.07) is 1.02. The summed E-state index contributed by atoms with van der Waals surface area (Å²) in [5.74, 6) is -1.31. The summed E-state index contributed by atoms with van der Waals surface area (Å²) in [5, 5.41) is 10.6. The molecule has 7 nitrogen and oxygen atoms in total. The Morgan fingerprint density at radius 3 is 2.85 bits per heavy atom. The lowest BCUT2D eigenvalue weighted by atomic mass is 9.97. The second-order valence-electron chi connectivity index (χ2n) is 7.12. The summed E-state index contributed by atoms with van der Waals surface area (Å²) in [6.07, 6.45) is 3.75. The SMILES string of the molecule is Cc1cc(C)c2c(CC(=O)N3CCc4[nH]cnc4C3C(=O)O)coc2c1C. The normalized spacial score (nSPS) is 16.6. The molecule has 0 radical (unpaired) electrons. The fourth-order valence-electron chi connectivity index (χ4n) is 3.98. The molecule has 3 aromatic rings. The maximum Gasteiger partial charge on any atom is 0.332 e. The Hall–Kier alpha value is -3.09. The summed E-state index contributed by atoms with van der Waals surface area (Å²) < 4.78 is 5.74. The van der Waals surface area contributed by atoms with E-state index in [4.69, 9.17) is 4.42 Å². The fourth-order valence-corrected chi connectivity index (χ4v) is 3.98. The van der Waals surface area contributed by atoms with Crippen molar-refractivity contribution in [3.8, 4) is 0 Å². The Kier molecular flexibility index (Phi) is 4.02. The number of nitrogens with zero attached hydrogens (tertiary/aromatic N) is 2. The molecule has 4 rings (SSSR count). The smallest absolute Gasteiger partial charge is 0.332 e. The number of amides is 1. The van der Waals surface area contributed by atoms with Crippen LogP contribution in [0, 0.1) is 20.8 Å². The number of hydrogen-bond acceptors (Lipinski definition) is 4. The summed E-state index contributed by atoms with van der Waals surface area (Å²) in [5.41, 5.74) is 6.01. The minimum atomic E-state index is -1.07. The van der Waals surface area contributed by atoms with Gasteiger partial charge in [0.25, 0.3) is 0 Å². The number of aromatic nitrogens is 2. The largest absolute Gasteiger partial charge is 0.479 e. The molecule has 0 fully saturated rings. The molecule has 1 aliphatic heterocycles. The molecular weight excluding hydrogens is 346 g/mol. The van der Waals surface area contributed by atoms with Crippen molar-refractivity contribution in [2.24, 2.45) is 0 Å². The third-order valence-corrected chi connectivity index (χ3v) is 5.45. The number of nitrogens with one attached hydrogen (secondary N) is 1. The highest BCUT2D eigenvalue weighted by Crippen LogP contribution is 2.32. The van der Waals surface area contributed by atoms with Gasteiger partial charge in [-0.05, 0) is 37.5 Å². The lowest BCUT2D eigenvalue weighted by molar-refractivity contribution is -0.151. The van der Waals surface area contributed by atoms with Crippen LogP contribution in [-0.2, 0) is 22.4 Å². The van der Waals surface area contributed by atoms with Crippen LogP contribution in [0.25, 0.3) is 11.0 Å². The van der Waals surface area contributed by atoms with Crippen molar-refractivity contribution >= 4 is 22.8 Å². The Morgan fingerprint density at radius 2 is 2.11 bits per heavy atom. The number of furan rings is 1. The molecule has 2 N–H and O–H groups in total. The number of carboxylic acid groups (broad SMARTS) is 1. The fraction of sp³-hybridized carbons (Fsp3) is 0.350. The number of aryl methyl sites for hydroxylation is 3. The highest BCUT2D eigenvalue weighted by molar-refractivity contribution is 5.93. The van der Waals surface area contributed by atoms with E-state index in [2.05, 4.69) is 16.0 Å². The Labute approximate surface area is 156 Å². The van der Waals surface area contributed by atoms with Gasteiger partial charge in [-0.2, -0.15) is 0 Å². The molecule has 1 aliphatic rings. The maximum atomic E-state index is 13.0. The van der Waals surface area contributed by atoms with Crippen LogP contribution in [0.2, 0.25) is 0 Å². The number of benzene rings is 1. The first kappa shape index (κ1) is 17.3. The van der Waals surface area contributed by atoms with E-state index in [1.54, 1.807) is 6.26 Å². The van der Waals surface area contributed by atoms with E-state index in [9.17, 15) is 14.7 Å². The van der Waals surface area contributed by atoms with Crippen LogP contribution in [0.15, 0.2) is 23.1 Å². The molecule has 0 aliphatic carbocycles. The summed E-state index contributed by atoms with van der Waals surface area (Å²) in [6.45, 7) is 6.37. The molecule has 0 spiro atoms. The van der Waals surface area contributed by atoms with Crippen molar-refractivity contribution in [2.45, 2.75) is 39.7 Å². The lowest BCUT2D eigenvalue weighted by Gasteiger charge is -2.32. The van der Waals surface area contributed by atoms with Crippen molar-refractivity contribution < 1.29 is 19.1 Å². The van der Waals surface area contributed by atoms with Gasteiger partial charge in [0.05, 0.1) is 24.7 Å². The third-order valence-electron chi connectivity index (χ3n) is 5.45. The van der Waals surface area contributed by atoms with Crippen LogP contribution >= 0.6 is 0 Å². The van der Waals surface area contributed by atoms with E-state index < -0.39 is 12.0 Å². The molecule has 0 bridgehead atoms. The van der Waals surface area contributed by atoms with Crippen molar-refractivity contribution in [3.63, 3.8) is 0 Å². The molecule has 140 valence electrons. The van der Waals surface area contributed by atoms with Gasteiger partial charge in [-0.1, -0.05) is 6.07 Å². The predicted molar refractivity (Wildman–Crippen MR) is 98.5 cm³/mol. The number of carbonyl (C=O) groups is 2. The van der Waals surface area contributed by atoms with Crippen LogP contribution in [0.4, 0.5) is 0 Å². The minimum absolute atomic E-state index is 0.0971. The summed E-state index contributed by atoms with van der Waals surface area (Å²) >= 11 is 0. The van der Waals surface area contributed by atoms with Crippen molar-refractivity contribution in [1.82, 2.24) is 14.9 Å². The van der Waals surface area contributed by atoms with Gasteiger partial charge in [-0.3, -0.25) is 4.79 Å². The van der Waals surface area contributed by atoms with Gasteiger partial charge in [0, 0.05) is 29.6 Å². The van der Waals surface area contributed by atoms with Crippen molar-refractivity contribution in [1.29, 1.82) is 0 Å². The van der Waals surface area contributed by atoms with Gasteiger partial charge in [0.15, 0.2) is 6.04 Å². The molecule has 0 saturated carbocycles. The summed E-state index contributed by atoms with van der Waals surface area (Å²) in [4.78, 5) is 33.3. The van der Waals surface area contributed by atoms with E-state index in [0.717, 1.165) is 38.9 Å². The number of fused-ring (bicyclic) bond motifs is 2. The molecular formula is C20H21N3O4. The Balaban J connectivity index is 1.68. The average molecular weight is 367 g/mol. The molecule has 27 heavy (non-hydrogen) atoms. The van der Waals surface area contributed by atoms with E-state index >= 15 is 0 Å². The first-order valence-electron chi connectivity index (χ1n) is 8.89. The van der Waals surface area contributed by atoms with E-state index in [-0.39, 0.29) is 12.3 Å². The number of aliphatic carboxylic acids is 1. The highest BCUT2D eigenvalue weighted by atomic mass is 16.4. The zero-order chi connectivity index (χ0) is 19.3. The number of carboxylic acids is 1. The van der Waals surface area contributed by atoms with Crippen molar-refractivity contribution in [2.75, 3.05) is 6.54 Å². The second-order valence-corrected chi connectivity index (χ2v) is 7.12. The second kappa shape index (κ2) is 6.26. The number of aromatic amines is 1. The maximum absolute atomic E-state index is 13.0. The Bertz CT molecular complexity index is 1060. The predicted octanol–water partition coefficient (Wildman–Crippen LogP) is 2.83. The zero-order valence-electron chi connectivity index (χ0n) is 15.5. The quantitative estimate of drug-likeness (QED) is 0.741. The number of imidazole rings is 1. The van der Waals surface area contributed by atoms with Gasteiger partial charge in [0.1, 0.15) is 5.58 Å². The van der Waals surface area contributed by atoms with Gasteiger partial charge < -0.3 is 19.4 Å². The molecule has 3 heterocycles. The number of H-pyrrole nitrogens is 1. The van der Waals surface area contributed by atoms with Crippen LogP contribution in [0.3, 0.4) is 0 Å². The molecule has 1 atom stereocenters. The highest BCUT2D eigenvalue weighted by Gasteiger charge is 2.38. The van der Waals surface area contributed by atoms with E-state index in [1.165, 1.54) is 11.2 Å². The van der Waals surface area contributed by atoms with Gasteiger partial charge in [-0.25, -0.2) is 9.78 Å². The molecule has 1 aromatic carbocycles. The Morgan fingerprint density at radius 1 is 1.33 bits per heavy atom. The molecule has 1 unspecified atom stereocenters.